The minimum absolute atomic E-state index is 0.0320. The monoisotopic (exact) mass is 1030 g/mol. The normalized spacial score (nSPS) is 22.8. The Morgan fingerprint density at radius 3 is 2.56 bits per heavy atom. The highest BCUT2D eigenvalue weighted by molar-refractivity contribution is 7.85. The zero-order valence-corrected chi connectivity index (χ0v) is 40.3. The van der Waals surface area contributed by atoms with Crippen molar-refractivity contribution in [2.45, 2.75) is 89.2 Å². The largest absolute Gasteiger partial charge is 0.748 e. The Labute approximate surface area is 387 Å². The van der Waals surface area contributed by atoms with Gasteiger partial charge in [0.15, 0.2) is 11.5 Å². The van der Waals surface area contributed by atoms with E-state index < -0.39 is 87.1 Å². The van der Waals surface area contributed by atoms with Gasteiger partial charge in [-0.05, 0) is 57.7 Å². The van der Waals surface area contributed by atoms with Gasteiger partial charge in [0.1, 0.15) is 36.5 Å². The molecular formula is C39H51N6O19P3S. The molecule has 1 amide bonds. The van der Waals surface area contributed by atoms with Crippen molar-refractivity contribution in [2.24, 2.45) is 4.99 Å². The van der Waals surface area contributed by atoms with E-state index in [1.165, 1.54) is 17.7 Å². The van der Waals surface area contributed by atoms with Crippen molar-refractivity contribution < 1.29 is 78.8 Å². The van der Waals surface area contributed by atoms with E-state index in [-0.39, 0.29) is 30.9 Å². The molecule has 1 saturated heterocycles. The van der Waals surface area contributed by atoms with Gasteiger partial charge in [0.25, 0.3) is 5.56 Å². The number of aryl methyl sites for hydroxylation is 1. The summed E-state index contributed by atoms with van der Waals surface area (Å²) in [6.07, 6.45) is 2.12. The zero-order valence-electron chi connectivity index (χ0n) is 36.8. The molecule has 372 valence electrons. The van der Waals surface area contributed by atoms with Crippen LogP contribution in [0.1, 0.15) is 81.7 Å². The summed E-state index contributed by atoms with van der Waals surface area (Å²) >= 11 is 0. The molecular weight excluding hydrogens is 981 g/mol. The number of rotatable bonds is 18. The van der Waals surface area contributed by atoms with E-state index in [1.54, 1.807) is 6.07 Å². The Bertz CT molecular complexity index is 3030. The molecule has 0 bridgehead atoms. The van der Waals surface area contributed by atoms with E-state index in [1.807, 2.05) is 32.0 Å². The number of carbonyl (C=O) groups excluding carboxylic acids is 1. The molecule has 3 aromatic rings. The number of fused-ring (bicyclic) bond motifs is 4. The summed E-state index contributed by atoms with van der Waals surface area (Å²) in [7, 11) is -21.6. The minimum Gasteiger partial charge on any atom is -0.748 e. The number of ether oxygens (including phenoxy) is 2. The fraction of sp³-hybridized carbons (Fsp3) is 0.513. The van der Waals surface area contributed by atoms with Crippen molar-refractivity contribution in [3.05, 3.63) is 84.8 Å². The number of nitrogens with one attached hydrogen (secondary N) is 2. The van der Waals surface area contributed by atoms with E-state index in [0.29, 0.717) is 53.2 Å². The average molecular weight is 1030 g/mol. The number of aliphatic hydroxyl groups is 1. The maximum Gasteiger partial charge on any atom is 0.490 e. The fourth-order valence-electron chi connectivity index (χ4n) is 8.88. The Morgan fingerprint density at radius 1 is 1.10 bits per heavy atom. The first-order valence-corrected chi connectivity index (χ1v) is 27.4. The summed E-state index contributed by atoms with van der Waals surface area (Å²) in [6, 6.07) is 7.66. The maximum atomic E-state index is 13.0. The first-order chi connectivity index (χ1) is 31.7. The molecule has 0 saturated carbocycles. The highest BCUT2D eigenvalue weighted by atomic mass is 32.2. The second-order valence-electron chi connectivity index (χ2n) is 17.2. The third-order valence-corrected chi connectivity index (χ3v) is 16.4. The van der Waals surface area contributed by atoms with E-state index in [4.69, 9.17) is 24.3 Å². The Kier molecular flexibility index (Phi) is 15.1. The number of hydrogen-bond donors (Lipinski definition) is 7. The lowest BCUT2D eigenvalue weighted by molar-refractivity contribution is -0.120. The van der Waals surface area contributed by atoms with Gasteiger partial charge in [-0.15, -0.1) is 0 Å². The lowest BCUT2D eigenvalue weighted by Gasteiger charge is -2.48. The molecule has 0 aliphatic carbocycles. The lowest BCUT2D eigenvalue weighted by Crippen LogP contribution is -2.50. The topological polar surface area (TPSA) is 358 Å². The molecule has 0 spiro atoms. The van der Waals surface area contributed by atoms with Crippen LogP contribution in [0.3, 0.4) is 0 Å². The molecule has 6 atom stereocenters. The predicted molar refractivity (Wildman–Crippen MR) is 239 cm³/mol. The Balaban J connectivity index is 0.975. The molecule has 25 nitrogen and oxygen atoms in total. The number of phosphoric acid groups is 3. The molecule has 68 heavy (non-hydrogen) atoms. The molecule has 1 fully saturated rings. The number of aliphatic hydroxyl groups excluding tert-OH is 1. The number of aromatic nitrogens is 2. The van der Waals surface area contributed by atoms with Crippen molar-refractivity contribution in [1.82, 2.24) is 19.4 Å². The van der Waals surface area contributed by atoms with Crippen LogP contribution in [0.15, 0.2) is 51.1 Å². The van der Waals surface area contributed by atoms with Gasteiger partial charge in [-0.2, -0.15) is 8.62 Å². The zero-order chi connectivity index (χ0) is 49.6. The van der Waals surface area contributed by atoms with Crippen LogP contribution < -0.4 is 41.5 Å². The number of hydrogen-bond acceptors (Lipinski definition) is 17. The second-order valence-corrected chi connectivity index (χ2v) is 23.1. The highest BCUT2D eigenvalue weighted by Gasteiger charge is 2.44. The third kappa shape index (κ3) is 12.6. The first-order valence-electron chi connectivity index (χ1n) is 21.3. The maximum absolute atomic E-state index is 13.0. The first kappa shape index (κ1) is 51.6. The fourth-order valence-corrected chi connectivity index (χ4v) is 12.7. The third-order valence-electron chi connectivity index (χ3n) is 11.8. The summed E-state index contributed by atoms with van der Waals surface area (Å²) in [5.74, 6) is -0.466. The lowest BCUT2D eigenvalue weighted by atomic mass is 9.79. The summed E-state index contributed by atoms with van der Waals surface area (Å²) in [6.45, 7) is 7.13. The van der Waals surface area contributed by atoms with Gasteiger partial charge in [0.2, 0.25) is 11.3 Å². The number of carbonyl (C=O) groups is 1. The van der Waals surface area contributed by atoms with Gasteiger partial charge in [-0.1, -0.05) is 12.2 Å². The molecule has 29 heteroatoms. The van der Waals surface area contributed by atoms with Crippen LogP contribution in [-0.4, -0.2) is 109 Å². The van der Waals surface area contributed by atoms with Gasteiger partial charge < -0.3 is 48.9 Å². The Hall–Kier alpha value is -4.23. The van der Waals surface area contributed by atoms with Crippen LogP contribution in [0.4, 0.5) is 11.4 Å². The quantitative estimate of drug-likeness (QED) is 0.0419. The summed E-state index contributed by atoms with van der Waals surface area (Å²) in [5, 5.41) is 15.0. The highest BCUT2D eigenvalue weighted by Crippen LogP contribution is 2.66. The predicted octanol–water partition coefficient (Wildman–Crippen LogP) is 1.27. The number of nitrogens with zero attached hydrogens (tertiary/aromatic N) is 4. The van der Waals surface area contributed by atoms with Gasteiger partial charge in [0, 0.05) is 73.1 Å². The molecule has 1 aromatic heterocycles. The van der Waals surface area contributed by atoms with Gasteiger partial charge in [0.05, 0.1) is 34.5 Å². The molecule has 4 aliphatic rings. The SMILES string of the molecule is CC[N+]1=c2cc3c(cc2CCC1)=Nc1cc2c(cc1O3)N(CCCC(=O)NC/C=C/c1cn([C@H]3C[C@H](O)[C@@H](COP(=O)(O)OP(=O)(O)OP(=O)(O)O)O3)c(=O)[nH]c1=O)C(C)(C)CC2CS(=O)(=O)[O-]. The molecule has 4 aliphatic heterocycles. The van der Waals surface area contributed by atoms with Crippen LogP contribution in [0, 0.1) is 0 Å². The molecule has 2 aromatic carbocycles. The van der Waals surface area contributed by atoms with Gasteiger partial charge in [-0.3, -0.25) is 23.7 Å². The van der Waals surface area contributed by atoms with Crippen LogP contribution in [0.25, 0.3) is 6.08 Å². The van der Waals surface area contributed by atoms with E-state index in [9.17, 15) is 55.9 Å². The Morgan fingerprint density at radius 2 is 1.85 bits per heavy atom. The number of H-pyrrole nitrogens is 1. The van der Waals surface area contributed by atoms with Gasteiger partial charge in [-0.25, -0.2) is 36.5 Å². The van der Waals surface area contributed by atoms with E-state index in [2.05, 4.69) is 39.8 Å². The number of anilines is 1. The van der Waals surface area contributed by atoms with Crippen LogP contribution in [0.2, 0.25) is 0 Å². The van der Waals surface area contributed by atoms with Crippen molar-refractivity contribution in [3.8, 4) is 11.5 Å². The number of phosphoric ester groups is 1. The summed E-state index contributed by atoms with van der Waals surface area (Å²) < 4.78 is 98.0. The van der Waals surface area contributed by atoms with E-state index in [0.717, 1.165) is 42.1 Å². The van der Waals surface area contributed by atoms with Crippen molar-refractivity contribution in [1.29, 1.82) is 0 Å². The second kappa shape index (κ2) is 19.9. The molecule has 7 rings (SSSR count). The van der Waals surface area contributed by atoms with Crippen molar-refractivity contribution in [3.63, 3.8) is 0 Å². The molecule has 7 N–H and O–H groups in total. The van der Waals surface area contributed by atoms with Crippen LogP contribution in [0.5, 0.6) is 11.5 Å². The number of aromatic amines is 1. The van der Waals surface area contributed by atoms with Crippen molar-refractivity contribution in [2.75, 3.05) is 43.4 Å². The smallest absolute Gasteiger partial charge is 0.490 e. The minimum atomic E-state index is -5.80. The van der Waals surface area contributed by atoms with Crippen LogP contribution >= 0.6 is 23.5 Å². The number of benzene rings is 2. The average Bonchev–Trinajstić information content (AvgIpc) is 3.58. The molecule has 5 heterocycles. The number of amides is 1. The van der Waals surface area contributed by atoms with Crippen LogP contribution in [-0.2, 0) is 52.9 Å². The standard InChI is InChI=1S/C39H51N6O19P3S/c1-4-43-12-6-9-23-14-27-32(16-29(23)43)61-33-17-30-26(15-28(33)41-27)25(22-68(57,58)59)19-39(2,3)45(30)13-7-10-35(47)40-11-5-8-24-20-44(38(49)42-37(24)48)36-18-31(46)34(62-36)21-60-66(53,54)64-67(55,56)63-65(50,51)52/h5,8,14-17,20,25,31,34,36,46H,4,6-7,9-13,18-19,21-22H2,1-3H3,(H6-,40,42,47,48,49,50,51,52,53,54,55,56,57,58,59)/b8-5+/t25?,31-,34+,36+/m0/s1. The summed E-state index contributed by atoms with van der Waals surface area (Å²) in [5.41, 5.74) is 0.555. The molecule has 3 unspecified atom stereocenters. The van der Waals surface area contributed by atoms with Crippen molar-refractivity contribution >= 4 is 56.9 Å². The van der Waals surface area contributed by atoms with Gasteiger partial charge >= 0.3 is 29.2 Å². The molecule has 0 radical (unpaired) electrons. The summed E-state index contributed by atoms with van der Waals surface area (Å²) in [4.78, 5) is 83.9. The van der Waals surface area contributed by atoms with E-state index >= 15 is 0 Å².